The number of nitrogens with zero attached hydrogens (tertiary/aromatic N) is 2. The lowest BCUT2D eigenvalue weighted by Gasteiger charge is -2.30. The van der Waals surface area contributed by atoms with E-state index in [9.17, 15) is 9.90 Å². The van der Waals surface area contributed by atoms with E-state index in [2.05, 4.69) is 10.4 Å². The average molecular weight is 280 g/mol. The maximum Gasteiger partial charge on any atom is 0.271 e. The Morgan fingerprint density at radius 1 is 1.50 bits per heavy atom. The normalized spacial score (nSPS) is 22.8. The number of carbonyl (C=O) groups is 1. The molecule has 1 aliphatic rings. The molecule has 0 aliphatic heterocycles. The summed E-state index contributed by atoms with van der Waals surface area (Å²) < 4.78 is 1.64. The maximum absolute atomic E-state index is 12.5. The van der Waals surface area contributed by atoms with Crippen molar-refractivity contribution in [1.82, 2.24) is 15.1 Å². The zero-order chi connectivity index (χ0) is 14.7. The number of aryl methyl sites for hydroxylation is 2. The molecule has 4 N–H and O–H groups in total. The van der Waals surface area contributed by atoms with Crippen LogP contribution in [0, 0.1) is 12.8 Å². The van der Waals surface area contributed by atoms with Gasteiger partial charge in [-0.05, 0) is 26.7 Å². The number of aromatic nitrogens is 2. The van der Waals surface area contributed by atoms with Gasteiger partial charge < -0.3 is 16.2 Å². The number of rotatable bonds is 4. The summed E-state index contributed by atoms with van der Waals surface area (Å²) in [7, 11) is 0. The molecule has 0 radical (unpaired) electrons. The quantitative estimate of drug-likeness (QED) is 0.769. The van der Waals surface area contributed by atoms with Crippen LogP contribution in [0.15, 0.2) is 0 Å². The lowest BCUT2D eigenvalue weighted by atomic mass is 9.85. The van der Waals surface area contributed by atoms with E-state index in [0.29, 0.717) is 23.6 Å². The van der Waals surface area contributed by atoms with Gasteiger partial charge in [0.05, 0.1) is 11.4 Å². The molecule has 1 heterocycles. The average Bonchev–Trinajstić information content (AvgIpc) is 2.74. The summed E-state index contributed by atoms with van der Waals surface area (Å²) in [5, 5.41) is 16.7. The lowest BCUT2D eigenvalue weighted by molar-refractivity contribution is 0.0863. The fourth-order valence-corrected chi connectivity index (χ4v) is 2.92. The first-order valence-electron chi connectivity index (χ1n) is 7.33. The van der Waals surface area contributed by atoms with Crippen molar-refractivity contribution in [2.75, 3.05) is 12.3 Å². The van der Waals surface area contributed by atoms with Gasteiger partial charge in [0.15, 0.2) is 0 Å². The van der Waals surface area contributed by atoms with Crippen LogP contribution < -0.4 is 11.1 Å². The SMILES string of the molecule is CCn1nc(C)c(N)c1C(=O)NC1CCCCC1CO. The van der Waals surface area contributed by atoms with Gasteiger partial charge in [0.1, 0.15) is 5.69 Å². The number of amides is 1. The Morgan fingerprint density at radius 3 is 2.85 bits per heavy atom. The van der Waals surface area contributed by atoms with Gasteiger partial charge in [-0.3, -0.25) is 9.48 Å². The topological polar surface area (TPSA) is 93.2 Å². The number of nitrogens with one attached hydrogen (secondary N) is 1. The Labute approximate surface area is 119 Å². The minimum absolute atomic E-state index is 0.0289. The second-order valence-corrected chi connectivity index (χ2v) is 5.47. The van der Waals surface area contributed by atoms with Crippen molar-refractivity contribution in [3.63, 3.8) is 0 Å². The second kappa shape index (κ2) is 6.26. The van der Waals surface area contributed by atoms with Crippen LogP contribution in [0.5, 0.6) is 0 Å². The van der Waals surface area contributed by atoms with Crippen LogP contribution in [-0.4, -0.2) is 33.4 Å². The maximum atomic E-state index is 12.5. The molecular formula is C14H24N4O2. The summed E-state index contributed by atoms with van der Waals surface area (Å²) in [4.78, 5) is 12.5. The van der Waals surface area contributed by atoms with Crippen LogP contribution in [0.25, 0.3) is 0 Å². The number of nitrogen functional groups attached to an aromatic ring is 1. The fraction of sp³-hybridized carbons (Fsp3) is 0.714. The Morgan fingerprint density at radius 2 is 2.20 bits per heavy atom. The van der Waals surface area contributed by atoms with Crippen molar-refractivity contribution in [3.8, 4) is 0 Å². The van der Waals surface area contributed by atoms with Gasteiger partial charge in [0, 0.05) is 25.1 Å². The van der Waals surface area contributed by atoms with E-state index in [1.807, 2.05) is 6.92 Å². The zero-order valence-electron chi connectivity index (χ0n) is 12.2. The monoisotopic (exact) mass is 280 g/mol. The summed E-state index contributed by atoms with van der Waals surface area (Å²) in [6.07, 6.45) is 4.08. The van der Waals surface area contributed by atoms with Crippen LogP contribution in [0.3, 0.4) is 0 Å². The molecule has 1 aliphatic carbocycles. The summed E-state index contributed by atoms with van der Waals surface area (Å²) in [5.41, 5.74) is 7.52. The second-order valence-electron chi connectivity index (χ2n) is 5.47. The van der Waals surface area contributed by atoms with Gasteiger partial charge in [-0.2, -0.15) is 5.10 Å². The first kappa shape index (κ1) is 14.8. The number of hydrogen-bond donors (Lipinski definition) is 3. The van der Waals surface area contributed by atoms with Crippen molar-refractivity contribution < 1.29 is 9.90 Å². The third kappa shape index (κ3) is 2.80. The van der Waals surface area contributed by atoms with Crippen LogP contribution in [0.1, 0.15) is 48.8 Å². The Hall–Kier alpha value is -1.56. The van der Waals surface area contributed by atoms with Crippen molar-refractivity contribution in [2.45, 2.75) is 52.1 Å². The minimum Gasteiger partial charge on any atom is -0.396 e. The lowest BCUT2D eigenvalue weighted by Crippen LogP contribution is -2.44. The van der Waals surface area contributed by atoms with Gasteiger partial charge in [0.2, 0.25) is 0 Å². The highest BCUT2D eigenvalue weighted by molar-refractivity contribution is 5.98. The molecule has 6 heteroatoms. The van der Waals surface area contributed by atoms with Crippen LogP contribution >= 0.6 is 0 Å². The van der Waals surface area contributed by atoms with E-state index >= 15 is 0 Å². The minimum atomic E-state index is -0.185. The number of nitrogens with two attached hydrogens (primary N) is 1. The third-order valence-corrected chi connectivity index (χ3v) is 4.15. The van der Waals surface area contributed by atoms with Gasteiger partial charge in [-0.25, -0.2) is 0 Å². The molecule has 2 atom stereocenters. The smallest absolute Gasteiger partial charge is 0.271 e. The van der Waals surface area contributed by atoms with Crippen LogP contribution in [-0.2, 0) is 6.54 Å². The van der Waals surface area contributed by atoms with Gasteiger partial charge >= 0.3 is 0 Å². The highest BCUT2D eigenvalue weighted by Gasteiger charge is 2.28. The van der Waals surface area contributed by atoms with E-state index in [-0.39, 0.29) is 24.5 Å². The van der Waals surface area contributed by atoms with Crippen LogP contribution in [0.4, 0.5) is 5.69 Å². The van der Waals surface area contributed by atoms with Crippen LogP contribution in [0.2, 0.25) is 0 Å². The highest BCUT2D eigenvalue weighted by atomic mass is 16.3. The van der Waals surface area contributed by atoms with E-state index in [0.717, 1.165) is 25.7 Å². The summed E-state index contributed by atoms with van der Waals surface area (Å²) in [5.74, 6) is -0.0386. The number of aliphatic hydroxyl groups excluding tert-OH is 1. The van der Waals surface area contributed by atoms with E-state index < -0.39 is 0 Å². The largest absolute Gasteiger partial charge is 0.396 e. The summed E-state index contributed by atoms with van der Waals surface area (Å²) in [6.45, 7) is 4.45. The van der Waals surface area contributed by atoms with Crippen molar-refractivity contribution >= 4 is 11.6 Å². The molecule has 0 bridgehead atoms. The molecule has 0 saturated heterocycles. The molecule has 1 aromatic rings. The van der Waals surface area contributed by atoms with E-state index in [1.165, 1.54) is 0 Å². The molecule has 1 aromatic heterocycles. The Balaban J connectivity index is 2.15. The molecule has 1 saturated carbocycles. The van der Waals surface area contributed by atoms with E-state index in [1.54, 1.807) is 11.6 Å². The summed E-state index contributed by atoms with van der Waals surface area (Å²) >= 11 is 0. The number of aliphatic hydroxyl groups is 1. The molecule has 6 nitrogen and oxygen atoms in total. The van der Waals surface area contributed by atoms with Gasteiger partial charge in [0.25, 0.3) is 5.91 Å². The molecule has 2 rings (SSSR count). The predicted molar refractivity (Wildman–Crippen MR) is 77.3 cm³/mol. The Bertz CT molecular complexity index is 484. The predicted octanol–water partition coefficient (Wildman–Crippen LogP) is 1.07. The highest BCUT2D eigenvalue weighted by Crippen LogP contribution is 2.25. The van der Waals surface area contributed by atoms with E-state index in [4.69, 9.17) is 5.73 Å². The first-order valence-corrected chi connectivity index (χ1v) is 7.33. The van der Waals surface area contributed by atoms with Crippen molar-refractivity contribution in [1.29, 1.82) is 0 Å². The zero-order valence-corrected chi connectivity index (χ0v) is 12.2. The first-order chi connectivity index (χ1) is 9.58. The molecule has 20 heavy (non-hydrogen) atoms. The molecule has 2 unspecified atom stereocenters. The van der Waals surface area contributed by atoms with Gasteiger partial charge in [-0.1, -0.05) is 12.8 Å². The van der Waals surface area contributed by atoms with Crippen molar-refractivity contribution in [2.24, 2.45) is 5.92 Å². The molecule has 1 amide bonds. The van der Waals surface area contributed by atoms with Gasteiger partial charge in [-0.15, -0.1) is 0 Å². The molecule has 0 spiro atoms. The number of hydrogen-bond acceptors (Lipinski definition) is 4. The fourth-order valence-electron chi connectivity index (χ4n) is 2.92. The number of carbonyl (C=O) groups excluding carboxylic acids is 1. The molecular weight excluding hydrogens is 256 g/mol. The third-order valence-electron chi connectivity index (χ3n) is 4.15. The van der Waals surface area contributed by atoms with Crippen molar-refractivity contribution in [3.05, 3.63) is 11.4 Å². The molecule has 112 valence electrons. The Kier molecular flexibility index (Phi) is 4.65. The molecule has 0 aromatic carbocycles. The molecule has 1 fully saturated rings. The number of anilines is 1. The summed E-state index contributed by atoms with van der Waals surface area (Å²) in [6, 6.07) is 0.0289. The standard InChI is InChI=1S/C14H24N4O2/c1-3-18-13(12(15)9(2)17-18)14(20)16-11-7-5-4-6-10(11)8-19/h10-11,19H,3-8,15H2,1-2H3,(H,16,20).